The zero-order valence-corrected chi connectivity index (χ0v) is 19.2. The molecule has 2 heterocycles. The van der Waals surface area contributed by atoms with E-state index in [1.54, 1.807) is 0 Å². The van der Waals surface area contributed by atoms with Crippen molar-refractivity contribution >= 4 is 47.0 Å². The van der Waals surface area contributed by atoms with Gasteiger partial charge in [0.25, 0.3) is 0 Å². The lowest BCUT2D eigenvalue weighted by Crippen LogP contribution is -2.36. The van der Waals surface area contributed by atoms with Crippen molar-refractivity contribution in [3.05, 3.63) is 63.9 Å². The monoisotopic (exact) mass is 496 g/mol. The largest absolute Gasteiger partial charge is 0.364 e. The molecule has 0 bridgehead atoms. The summed E-state index contributed by atoms with van der Waals surface area (Å²) in [6.45, 7) is 8.63. The number of hydrogen-bond donors (Lipinski definition) is 2. The van der Waals surface area contributed by atoms with Crippen LogP contribution in [0.15, 0.2) is 53.5 Å². The number of nitrogens with zero attached hydrogens (tertiary/aromatic N) is 2. The van der Waals surface area contributed by atoms with Gasteiger partial charge in [0.05, 0.1) is 13.1 Å². The van der Waals surface area contributed by atoms with Crippen LogP contribution in [0.4, 0.5) is 5.69 Å². The molecule has 1 aromatic heterocycles. The lowest BCUT2D eigenvalue weighted by Gasteiger charge is -2.18. The van der Waals surface area contributed by atoms with Crippen molar-refractivity contribution in [3.8, 4) is 0 Å². The third-order valence-corrected chi connectivity index (χ3v) is 5.58. The Morgan fingerprint density at radius 1 is 1.07 bits per heavy atom. The maximum Gasteiger partial charge on any atom is 0.191 e. The number of halogens is 1. The van der Waals surface area contributed by atoms with Gasteiger partial charge >= 0.3 is 0 Å². The number of guanidine groups is 1. The lowest BCUT2D eigenvalue weighted by atomic mass is 10.2. The van der Waals surface area contributed by atoms with E-state index in [1.165, 1.54) is 21.0 Å². The highest BCUT2D eigenvalue weighted by Crippen LogP contribution is 2.19. The fourth-order valence-electron chi connectivity index (χ4n) is 2.93. The second kappa shape index (κ2) is 11.3. The molecule has 1 aliphatic rings. The Morgan fingerprint density at radius 3 is 2.56 bits per heavy atom. The van der Waals surface area contributed by atoms with Crippen LogP contribution in [0.2, 0.25) is 0 Å². The number of rotatable bonds is 7. The molecule has 3 rings (SSSR count). The van der Waals surface area contributed by atoms with Gasteiger partial charge in [-0.25, -0.2) is 4.99 Å². The highest BCUT2D eigenvalue weighted by atomic mass is 127. The molecular formula is C21H29IN4S. The SMILES string of the molecule is CCNC(=NCc1cccc(N2CC=CC2)c1)NCc1ccc(CC)s1.I. The summed E-state index contributed by atoms with van der Waals surface area (Å²) in [4.78, 5) is 9.89. The Labute approximate surface area is 183 Å². The quantitative estimate of drug-likeness (QED) is 0.256. The molecule has 0 spiro atoms. The zero-order valence-electron chi connectivity index (χ0n) is 16.1. The van der Waals surface area contributed by atoms with E-state index in [0.717, 1.165) is 38.6 Å². The van der Waals surface area contributed by atoms with Crippen molar-refractivity contribution in [2.75, 3.05) is 24.5 Å². The maximum atomic E-state index is 4.76. The lowest BCUT2D eigenvalue weighted by molar-refractivity contribution is 0.823. The van der Waals surface area contributed by atoms with Gasteiger partial charge in [-0.3, -0.25) is 0 Å². The van der Waals surface area contributed by atoms with Crippen molar-refractivity contribution in [1.29, 1.82) is 0 Å². The number of nitrogens with one attached hydrogen (secondary N) is 2. The van der Waals surface area contributed by atoms with Crippen LogP contribution in [0, 0.1) is 0 Å². The molecule has 2 aromatic rings. The van der Waals surface area contributed by atoms with Gasteiger partial charge in [0, 0.05) is 35.1 Å². The first-order valence-electron chi connectivity index (χ1n) is 9.37. The topological polar surface area (TPSA) is 39.7 Å². The standard InChI is InChI=1S/C21H28N4S.HI/c1-3-19-10-11-20(26-19)16-24-21(22-4-2)23-15-17-8-7-9-18(14-17)25-12-5-6-13-25;/h5-11,14H,3-4,12-13,15-16H2,1-2H3,(H2,22,23,24);1H. The molecule has 2 N–H and O–H groups in total. The number of aryl methyl sites for hydroxylation is 1. The highest BCUT2D eigenvalue weighted by Gasteiger charge is 2.08. The first-order chi connectivity index (χ1) is 12.8. The van der Waals surface area contributed by atoms with Gasteiger partial charge in [0.2, 0.25) is 0 Å². The number of anilines is 1. The van der Waals surface area contributed by atoms with Gasteiger partial charge < -0.3 is 15.5 Å². The molecule has 1 aliphatic heterocycles. The Balaban J connectivity index is 0.00000261. The molecule has 0 fully saturated rings. The predicted octanol–water partition coefficient (Wildman–Crippen LogP) is 4.56. The van der Waals surface area contributed by atoms with Gasteiger partial charge in [-0.05, 0) is 43.2 Å². The molecule has 4 nitrogen and oxygen atoms in total. The molecule has 0 radical (unpaired) electrons. The van der Waals surface area contributed by atoms with Gasteiger partial charge in [-0.1, -0.05) is 31.2 Å². The Bertz CT molecular complexity index is 761. The second-order valence-electron chi connectivity index (χ2n) is 6.32. The van der Waals surface area contributed by atoms with Gasteiger partial charge in [0.15, 0.2) is 5.96 Å². The molecule has 0 saturated carbocycles. The minimum absolute atomic E-state index is 0. The summed E-state index contributed by atoms with van der Waals surface area (Å²) in [5.74, 6) is 0.868. The van der Waals surface area contributed by atoms with Crippen LogP contribution < -0.4 is 15.5 Å². The molecule has 0 amide bonds. The number of benzene rings is 1. The minimum atomic E-state index is 0. The fraction of sp³-hybridized carbons (Fsp3) is 0.381. The molecule has 1 aromatic carbocycles. The molecule has 0 unspecified atom stereocenters. The van der Waals surface area contributed by atoms with Crippen molar-refractivity contribution in [2.45, 2.75) is 33.4 Å². The molecule has 0 saturated heterocycles. The molecular weight excluding hydrogens is 467 g/mol. The van der Waals surface area contributed by atoms with Gasteiger partial charge in [0.1, 0.15) is 0 Å². The van der Waals surface area contributed by atoms with E-state index in [0.29, 0.717) is 6.54 Å². The first kappa shape index (κ1) is 21.8. The molecule has 27 heavy (non-hydrogen) atoms. The second-order valence-corrected chi connectivity index (χ2v) is 7.57. The zero-order chi connectivity index (χ0) is 18.2. The minimum Gasteiger partial charge on any atom is -0.364 e. The van der Waals surface area contributed by atoms with Crippen molar-refractivity contribution < 1.29 is 0 Å². The van der Waals surface area contributed by atoms with Crippen LogP contribution in [0.3, 0.4) is 0 Å². The summed E-state index contributed by atoms with van der Waals surface area (Å²) in [5.41, 5.74) is 2.50. The Kier molecular flexibility index (Phi) is 9.14. The van der Waals surface area contributed by atoms with E-state index >= 15 is 0 Å². The predicted molar refractivity (Wildman–Crippen MR) is 129 cm³/mol. The van der Waals surface area contributed by atoms with E-state index in [9.17, 15) is 0 Å². The Morgan fingerprint density at radius 2 is 1.85 bits per heavy atom. The van der Waals surface area contributed by atoms with Gasteiger partial charge in [-0.2, -0.15) is 0 Å². The van der Waals surface area contributed by atoms with Crippen LogP contribution in [0.5, 0.6) is 0 Å². The van der Waals surface area contributed by atoms with Crippen LogP contribution in [0.1, 0.15) is 29.2 Å². The van der Waals surface area contributed by atoms with Crippen LogP contribution in [-0.2, 0) is 19.5 Å². The number of thiophene rings is 1. The third-order valence-electron chi connectivity index (χ3n) is 4.35. The third kappa shape index (κ3) is 6.53. The average molecular weight is 496 g/mol. The van der Waals surface area contributed by atoms with Crippen molar-refractivity contribution in [2.24, 2.45) is 4.99 Å². The van der Waals surface area contributed by atoms with Crippen molar-refractivity contribution in [1.82, 2.24) is 10.6 Å². The summed E-state index contributed by atoms with van der Waals surface area (Å²) in [5, 5.41) is 6.78. The van der Waals surface area contributed by atoms with Crippen LogP contribution in [-0.4, -0.2) is 25.6 Å². The number of hydrogen-bond acceptors (Lipinski definition) is 3. The average Bonchev–Trinajstić information content (AvgIpc) is 3.36. The Hall–Kier alpha value is -1.54. The summed E-state index contributed by atoms with van der Waals surface area (Å²) in [6.07, 6.45) is 5.53. The first-order valence-corrected chi connectivity index (χ1v) is 10.2. The molecule has 0 aliphatic carbocycles. The van der Waals surface area contributed by atoms with E-state index in [2.05, 4.69) is 77.9 Å². The van der Waals surface area contributed by atoms with Crippen LogP contribution >= 0.6 is 35.3 Å². The van der Waals surface area contributed by atoms with Crippen molar-refractivity contribution in [3.63, 3.8) is 0 Å². The maximum absolute atomic E-state index is 4.76. The normalized spacial score (nSPS) is 13.6. The fourth-order valence-corrected chi connectivity index (χ4v) is 3.83. The molecule has 6 heteroatoms. The van der Waals surface area contributed by atoms with E-state index in [4.69, 9.17) is 4.99 Å². The highest BCUT2D eigenvalue weighted by molar-refractivity contribution is 14.0. The molecule has 0 atom stereocenters. The summed E-state index contributed by atoms with van der Waals surface area (Å²) < 4.78 is 0. The van der Waals surface area contributed by atoms with Crippen LogP contribution in [0.25, 0.3) is 0 Å². The summed E-state index contributed by atoms with van der Waals surface area (Å²) in [7, 11) is 0. The summed E-state index contributed by atoms with van der Waals surface area (Å²) >= 11 is 1.87. The number of aliphatic imine (C=N–C) groups is 1. The molecule has 146 valence electrons. The smallest absolute Gasteiger partial charge is 0.191 e. The van der Waals surface area contributed by atoms with Gasteiger partial charge in [-0.15, -0.1) is 35.3 Å². The van der Waals surface area contributed by atoms with E-state index < -0.39 is 0 Å². The van der Waals surface area contributed by atoms with E-state index in [-0.39, 0.29) is 24.0 Å². The summed E-state index contributed by atoms with van der Waals surface area (Å²) in [6, 6.07) is 13.1. The van der Waals surface area contributed by atoms with E-state index in [1.807, 2.05) is 11.3 Å².